The first-order valence-electron chi connectivity index (χ1n) is 2.66. The predicted molar refractivity (Wildman–Crippen MR) is 38.3 cm³/mol. The topological polar surface area (TPSA) is 61.0 Å². The molecule has 0 atom stereocenters. The summed E-state index contributed by atoms with van der Waals surface area (Å²) in [6, 6.07) is 6.84. The van der Waals surface area contributed by atoms with Gasteiger partial charge in [-0.15, -0.1) is 0 Å². The Hall–Kier alpha value is -1.22. The van der Waals surface area contributed by atoms with Crippen LogP contribution < -0.4 is 4.74 Å². The Morgan fingerprint density at radius 3 is 2.30 bits per heavy atom. The van der Waals surface area contributed by atoms with Gasteiger partial charge in [-0.1, -0.05) is 12.1 Å². The fourth-order valence-corrected chi connectivity index (χ4v) is 0.630. The van der Waals surface area contributed by atoms with E-state index in [4.69, 9.17) is 9.84 Å². The van der Waals surface area contributed by atoms with Gasteiger partial charge in [0.25, 0.3) is 0 Å². The van der Waals surface area contributed by atoms with Crippen molar-refractivity contribution in [2.24, 2.45) is 0 Å². The number of hydrogen-bond donors (Lipinski definition) is 1. The largest absolute Gasteiger partial charge is 0.504 e. The SMILES string of the molecule is COc1ccccc1O.O. The highest BCUT2D eigenvalue weighted by molar-refractivity contribution is 5.37. The molecule has 0 bridgehead atoms. The second-order valence-electron chi connectivity index (χ2n) is 1.67. The zero-order valence-electron chi connectivity index (χ0n) is 5.66. The maximum atomic E-state index is 8.99. The van der Waals surface area contributed by atoms with E-state index in [9.17, 15) is 0 Å². The van der Waals surface area contributed by atoms with Crippen LogP contribution in [-0.4, -0.2) is 17.7 Å². The van der Waals surface area contributed by atoms with Crippen LogP contribution in [0.25, 0.3) is 0 Å². The van der Waals surface area contributed by atoms with Gasteiger partial charge >= 0.3 is 0 Å². The fourth-order valence-electron chi connectivity index (χ4n) is 0.630. The Morgan fingerprint density at radius 2 is 1.90 bits per heavy atom. The number of para-hydroxylation sites is 2. The maximum Gasteiger partial charge on any atom is 0.160 e. The van der Waals surface area contributed by atoms with Gasteiger partial charge in [-0.05, 0) is 12.1 Å². The molecule has 0 saturated carbocycles. The molecule has 0 amide bonds. The molecule has 0 unspecified atom stereocenters. The van der Waals surface area contributed by atoms with Crippen LogP contribution >= 0.6 is 0 Å². The Labute approximate surface area is 59.2 Å². The van der Waals surface area contributed by atoms with Crippen LogP contribution in [-0.2, 0) is 0 Å². The summed E-state index contributed by atoms with van der Waals surface area (Å²) in [5.74, 6) is 0.692. The molecule has 0 spiro atoms. The minimum atomic E-state index is 0. The van der Waals surface area contributed by atoms with Crippen molar-refractivity contribution in [1.29, 1.82) is 0 Å². The van der Waals surface area contributed by atoms with Crippen LogP contribution in [0.15, 0.2) is 24.3 Å². The molecule has 3 heteroatoms. The van der Waals surface area contributed by atoms with Crippen LogP contribution in [0.2, 0.25) is 0 Å². The van der Waals surface area contributed by atoms with Gasteiger partial charge in [-0.25, -0.2) is 0 Å². The molecule has 0 radical (unpaired) electrons. The summed E-state index contributed by atoms with van der Waals surface area (Å²) in [6.45, 7) is 0. The number of hydrogen-bond acceptors (Lipinski definition) is 2. The Morgan fingerprint density at radius 1 is 1.30 bits per heavy atom. The third kappa shape index (κ3) is 1.63. The first-order chi connectivity index (χ1) is 4.34. The maximum absolute atomic E-state index is 8.99. The van der Waals surface area contributed by atoms with Crippen molar-refractivity contribution < 1.29 is 15.3 Å². The van der Waals surface area contributed by atoms with Crippen LogP contribution in [0.4, 0.5) is 0 Å². The molecular weight excluding hydrogens is 132 g/mol. The summed E-state index contributed by atoms with van der Waals surface area (Å²) in [5.41, 5.74) is 0. The lowest BCUT2D eigenvalue weighted by Gasteiger charge is -1.99. The molecule has 1 aromatic rings. The number of aromatic hydroxyl groups is 1. The molecule has 1 rings (SSSR count). The highest BCUT2D eigenvalue weighted by Gasteiger charge is 1.94. The normalized spacial score (nSPS) is 8.10. The summed E-state index contributed by atoms with van der Waals surface area (Å²) in [4.78, 5) is 0. The average Bonchev–Trinajstić information content (AvgIpc) is 1.89. The molecule has 3 nitrogen and oxygen atoms in total. The average molecular weight is 142 g/mol. The monoisotopic (exact) mass is 142 g/mol. The Kier molecular flexibility index (Phi) is 3.28. The summed E-state index contributed by atoms with van der Waals surface area (Å²) in [5, 5.41) is 8.99. The lowest BCUT2D eigenvalue weighted by molar-refractivity contribution is 0.373. The van der Waals surface area contributed by atoms with E-state index in [2.05, 4.69) is 0 Å². The molecule has 0 aromatic heterocycles. The first-order valence-corrected chi connectivity index (χ1v) is 2.66. The van der Waals surface area contributed by atoms with Crippen molar-refractivity contribution in [2.45, 2.75) is 0 Å². The van der Waals surface area contributed by atoms with E-state index < -0.39 is 0 Å². The molecule has 0 saturated heterocycles. The van der Waals surface area contributed by atoms with E-state index in [1.54, 1.807) is 24.3 Å². The highest BCUT2D eigenvalue weighted by atomic mass is 16.5. The van der Waals surface area contributed by atoms with Crippen molar-refractivity contribution in [1.82, 2.24) is 0 Å². The number of benzene rings is 1. The van der Waals surface area contributed by atoms with Gasteiger partial charge in [-0.3, -0.25) is 0 Å². The van der Waals surface area contributed by atoms with Gasteiger partial charge in [-0.2, -0.15) is 0 Å². The van der Waals surface area contributed by atoms with Gasteiger partial charge < -0.3 is 15.3 Å². The molecule has 3 N–H and O–H groups in total. The van der Waals surface area contributed by atoms with Crippen LogP contribution in [0, 0.1) is 0 Å². The summed E-state index contributed by atoms with van der Waals surface area (Å²) >= 11 is 0. The molecule has 10 heavy (non-hydrogen) atoms. The second-order valence-corrected chi connectivity index (χ2v) is 1.67. The van der Waals surface area contributed by atoms with Crippen LogP contribution in [0.3, 0.4) is 0 Å². The number of rotatable bonds is 1. The smallest absolute Gasteiger partial charge is 0.160 e. The molecule has 0 aliphatic rings. The van der Waals surface area contributed by atoms with Gasteiger partial charge in [0.1, 0.15) is 0 Å². The quantitative estimate of drug-likeness (QED) is 0.623. The van der Waals surface area contributed by atoms with E-state index in [1.807, 2.05) is 0 Å². The van der Waals surface area contributed by atoms with Crippen molar-refractivity contribution >= 4 is 0 Å². The van der Waals surface area contributed by atoms with E-state index in [0.717, 1.165) is 0 Å². The molecule has 1 aromatic carbocycles. The second kappa shape index (κ2) is 3.74. The Bertz CT molecular complexity index is 198. The van der Waals surface area contributed by atoms with E-state index in [0.29, 0.717) is 5.75 Å². The zero-order valence-corrected chi connectivity index (χ0v) is 5.66. The predicted octanol–water partition coefficient (Wildman–Crippen LogP) is 0.576. The van der Waals surface area contributed by atoms with Gasteiger partial charge in [0.05, 0.1) is 7.11 Å². The lowest BCUT2D eigenvalue weighted by Crippen LogP contribution is -1.80. The van der Waals surface area contributed by atoms with Crippen molar-refractivity contribution in [3.8, 4) is 11.5 Å². The Balaban J connectivity index is 0.000000810. The molecule has 0 aliphatic carbocycles. The van der Waals surface area contributed by atoms with Crippen molar-refractivity contribution in [3.05, 3.63) is 24.3 Å². The fraction of sp³-hybridized carbons (Fsp3) is 0.143. The molecule has 56 valence electrons. The van der Waals surface area contributed by atoms with Gasteiger partial charge in [0, 0.05) is 0 Å². The van der Waals surface area contributed by atoms with Crippen molar-refractivity contribution in [2.75, 3.05) is 7.11 Å². The van der Waals surface area contributed by atoms with Crippen molar-refractivity contribution in [3.63, 3.8) is 0 Å². The minimum absolute atomic E-state index is 0. The molecule has 0 heterocycles. The number of phenolic OH excluding ortho intramolecular Hbond substituents is 1. The third-order valence-electron chi connectivity index (χ3n) is 1.09. The zero-order chi connectivity index (χ0) is 6.69. The van der Waals surface area contributed by atoms with E-state index in [1.165, 1.54) is 7.11 Å². The number of phenols is 1. The number of methoxy groups -OCH3 is 1. The lowest BCUT2D eigenvalue weighted by atomic mass is 10.3. The number of ether oxygens (including phenoxy) is 1. The van der Waals surface area contributed by atoms with E-state index in [-0.39, 0.29) is 11.2 Å². The van der Waals surface area contributed by atoms with Crippen LogP contribution in [0.5, 0.6) is 11.5 Å². The first kappa shape index (κ1) is 8.78. The van der Waals surface area contributed by atoms with Gasteiger partial charge in [0.15, 0.2) is 11.5 Å². The molecule has 0 fully saturated rings. The van der Waals surface area contributed by atoms with Gasteiger partial charge in [0.2, 0.25) is 0 Å². The summed E-state index contributed by atoms with van der Waals surface area (Å²) in [6.07, 6.45) is 0. The summed E-state index contributed by atoms with van der Waals surface area (Å²) < 4.78 is 4.79. The standard InChI is InChI=1S/C7H8O2.H2O/c1-9-7-5-3-2-4-6(7)8;/h2-5,8H,1H3;1H2. The highest BCUT2D eigenvalue weighted by Crippen LogP contribution is 2.22. The van der Waals surface area contributed by atoms with Crippen LogP contribution in [0.1, 0.15) is 0 Å². The minimum Gasteiger partial charge on any atom is -0.504 e. The summed E-state index contributed by atoms with van der Waals surface area (Å²) in [7, 11) is 1.52. The van der Waals surface area contributed by atoms with E-state index >= 15 is 0 Å². The third-order valence-corrected chi connectivity index (χ3v) is 1.09. The molecular formula is C7H10O3. The molecule has 0 aliphatic heterocycles.